The van der Waals surface area contributed by atoms with Crippen molar-refractivity contribution in [2.45, 2.75) is 63.3 Å². The van der Waals surface area contributed by atoms with Crippen molar-refractivity contribution in [3.8, 4) is 0 Å². The maximum atomic E-state index is 4.98. The van der Waals surface area contributed by atoms with Gasteiger partial charge in [0.1, 0.15) is 5.82 Å². The summed E-state index contributed by atoms with van der Waals surface area (Å²) in [4.78, 5) is 9.86. The molecule has 0 amide bonds. The van der Waals surface area contributed by atoms with Gasteiger partial charge in [0, 0.05) is 36.9 Å². The maximum Gasteiger partial charge on any atom is 0.131 e. The molecule has 3 heteroatoms. The molecule has 2 heterocycles. The number of hydrogen-bond acceptors (Lipinski definition) is 3. The Hall–Kier alpha value is -0.960. The average molecular weight is 243 g/mol. The van der Waals surface area contributed by atoms with E-state index in [0.717, 1.165) is 25.4 Å². The highest BCUT2D eigenvalue weighted by Gasteiger charge is 2.30. The van der Waals surface area contributed by atoms with Gasteiger partial charge < -0.3 is 5.32 Å². The monoisotopic (exact) mass is 243 g/mol. The number of nitrogens with zero attached hydrogens (tertiary/aromatic N) is 2. The molecular formula is C15H21N3. The van der Waals surface area contributed by atoms with Crippen molar-refractivity contribution in [3.63, 3.8) is 0 Å². The van der Waals surface area contributed by atoms with E-state index in [1.165, 1.54) is 61.3 Å². The summed E-state index contributed by atoms with van der Waals surface area (Å²) in [6.07, 6.45) is 9.14. The Kier molecular flexibility index (Phi) is 2.61. The quantitative estimate of drug-likeness (QED) is 0.867. The Morgan fingerprint density at radius 3 is 2.39 bits per heavy atom. The van der Waals surface area contributed by atoms with E-state index in [2.05, 4.69) is 5.32 Å². The van der Waals surface area contributed by atoms with Crippen LogP contribution in [0.5, 0.6) is 0 Å². The standard InChI is InChI=1S/C15H21N3/c1-3-10(4-1)14-12-9-16-8-7-13(12)17-15(18-14)11-5-2-6-11/h10-11,16H,1-9H2. The van der Waals surface area contributed by atoms with Crippen molar-refractivity contribution in [2.24, 2.45) is 0 Å². The Balaban J connectivity index is 1.76. The molecule has 0 bridgehead atoms. The van der Waals surface area contributed by atoms with Gasteiger partial charge in [0.2, 0.25) is 0 Å². The minimum absolute atomic E-state index is 0.670. The van der Waals surface area contributed by atoms with Crippen LogP contribution in [0.3, 0.4) is 0 Å². The lowest BCUT2D eigenvalue weighted by Crippen LogP contribution is -2.30. The van der Waals surface area contributed by atoms with E-state index in [-0.39, 0.29) is 0 Å². The van der Waals surface area contributed by atoms with Gasteiger partial charge in [0.15, 0.2) is 0 Å². The van der Waals surface area contributed by atoms with E-state index in [9.17, 15) is 0 Å². The molecule has 1 aliphatic heterocycles. The van der Waals surface area contributed by atoms with Crippen molar-refractivity contribution in [2.75, 3.05) is 6.54 Å². The molecule has 0 aromatic carbocycles. The van der Waals surface area contributed by atoms with Crippen molar-refractivity contribution in [3.05, 3.63) is 22.8 Å². The molecule has 3 nitrogen and oxygen atoms in total. The van der Waals surface area contributed by atoms with Crippen LogP contribution in [0.25, 0.3) is 0 Å². The summed E-state index contributed by atoms with van der Waals surface area (Å²) in [5.74, 6) is 2.58. The van der Waals surface area contributed by atoms with E-state index >= 15 is 0 Å². The molecule has 4 rings (SSSR count). The predicted molar refractivity (Wildman–Crippen MR) is 70.6 cm³/mol. The van der Waals surface area contributed by atoms with Crippen LogP contribution in [0.1, 0.15) is 73.1 Å². The Bertz CT molecular complexity index is 461. The van der Waals surface area contributed by atoms with Crippen LogP contribution in [0, 0.1) is 0 Å². The van der Waals surface area contributed by atoms with Gasteiger partial charge in [-0.25, -0.2) is 9.97 Å². The molecule has 96 valence electrons. The van der Waals surface area contributed by atoms with Gasteiger partial charge in [-0.3, -0.25) is 0 Å². The number of rotatable bonds is 2. The Morgan fingerprint density at radius 2 is 1.72 bits per heavy atom. The van der Waals surface area contributed by atoms with Gasteiger partial charge >= 0.3 is 0 Å². The van der Waals surface area contributed by atoms with E-state index in [0.29, 0.717) is 5.92 Å². The molecule has 0 unspecified atom stereocenters. The summed E-state index contributed by atoms with van der Waals surface area (Å²) in [6, 6.07) is 0. The van der Waals surface area contributed by atoms with Crippen molar-refractivity contribution in [1.82, 2.24) is 15.3 Å². The molecule has 0 atom stereocenters. The van der Waals surface area contributed by atoms with Crippen molar-refractivity contribution < 1.29 is 0 Å². The van der Waals surface area contributed by atoms with Crippen LogP contribution in [0.2, 0.25) is 0 Å². The molecule has 1 aromatic rings. The lowest BCUT2D eigenvalue weighted by Gasteiger charge is -2.32. The first-order valence-corrected chi connectivity index (χ1v) is 7.52. The highest BCUT2D eigenvalue weighted by atomic mass is 15.0. The average Bonchev–Trinajstić information content (AvgIpc) is 2.24. The number of fused-ring (bicyclic) bond motifs is 1. The van der Waals surface area contributed by atoms with Crippen molar-refractivity contribution >= 4 is 0 Å². The van der Waals surface area contributed by atoms with Gasteiger partial charge in [-0.05, 0) is 25.7 Å². The smallest absolute Gasteiger partial charge is 0.131 e. The van der Waals surface area contributed by atoms with Crippen LogP contribution < -0.4 is 5.32 Å². The largest absolute Gasteiger partial charge is 0.312 e. The summed E-state index contributed by atoms with van der Waals surface area (Å²) >= 11 is 0. The van der Waals surface area contributed by atoms with Crippen LogP contribution in [-0.2, 0) is 13.0 Å². The third kappa shape index (κ3) is 1.68. The molecule has 2 fully saturated rings. The van der Waals surface area contributed by atoms with Gasteiger partial charge in [-0.2, -0.15) is 0 Å². The van der Waals surface area contributed by atoms with Crippen molar-refractivity contribution in [1.29, 1.82) is 0 Å². The summed E-state index contributed by atoms with van der Waals surface area (Å²) in [5.41, 5.74) is 4.20. The molecule has 1 N–H and O–H groups in total. The van der Waals surface area contributed by atoms with E-state index in [1.54, 1.807) is 0 Å². The molecule has 1 aromatic heterocycles. The topological polar surface area (TPSA) is 37.8 Å². The SMILES string of the molecule is C1CC(c2nc3c(c(C4CCC4)n2)CNCC3)C1. The second-order valence-corrected chi connectivity index (χ2v) is 6.07. The molecule has 2 saturated carbocycles. The van der Waals surface area contributed by atoms with Gasteiger partial charge in [0.05, 0.1) is 11.4 Å². The van der Waals surface area contributed by atoms with E-state index < -0.39 is 0 Å². The first-order valence-electron chi connectivity index (χ1n) is 7.52. The van der Waals surface area contributed by atoms with Crippen LogP contribution in [0.15, 0.2) is 0 Å². The normalized spacial score (nSPS) is 24.2. The highest BCUT2D eigenvalue weighted by molar-refractivity contribution is 5.32. The van der Waals surface area contributed by atoms with Gasteiger partial charge in [0.25, 0.3) is 0 Å². The Labute approximate surface area is 108 Å². The first kappa shape index (κ1) is 10.9. The van der Waals surface area contributed by atoms with Crippen LogP contribution in [0.4, 0.5) is 0 Å². The first-order chi connectivity index (χ1) is 8.92. The third-order valence-corrected chi connectivity index (χ3v) is 4.94. The number of hydrogen-bond donors (Lipinski definition) is 1. The molecular weight excluding hydrogens is 222 g/mol. The van der Waals surface area contributed by atoms with Crippen LogP contribution >= 0.6 is 0 Å². The van der Waals surface area contributed by atoms with E-state index in [1.807, 2.05) is 0 Å². The van der Waals surface area contributed by atoms with Gasteiger partial charge in [-0.1, -0.05) is 12.8 Å². The minimum Gasteiger partial charge on any atom is -0.312 e. The van der Waals surface area contributed by atoms with Gasteiger partial charge in [-0.15, -0.1) is 0 Å². The maximum absolute atomic E-state index is 4.98. The predicted octanol–water partition coefficient (Wildman–Crippen LogP) is 2.66. The minimum atomic E-state index is 0.670. The van der Waals surface area contributed by atoms with Crippen LogP contribution in [-0.4, -0.2) is 16.5 Å². The summed E-state index contributed by atoms with van der Waals surface area (Å²) in [7, 11) is 0. The lowest BCUT2D eigenvalue weighted by atomic mass is 9.79. The molecule has 18 heavy (non-hydrogen) atoms. The summed E-state index contributed by atoms with van der Waals surface area (Å²) < 4.78 is 0. The third-order valence-electron chi connectivity index (χ3n) is 4.94. The zero-order chi connectivity index (χ0) is 11.9. The lowest BCUT2D eigenvalue weighted by molar-refractivity contribution is 0.378. The molecule has 0 radical (unpaired) electrons. The number of nitrogens with one attached hydrogen (secondary N) is 1. The summed E-state index contributed by atoms with van der Waals surface area (Å²) in [6.45, 7) is 2.07. The Morgan fingerprint density at radius 1 is 0.944 bits per heavy atom. The second-order valence-electron chi connectivity index (χ2n) is 6.07. The fourth-order valence-electron chi connectivity index (χ4n) is 3.26. The fourth-order valence-corrected chi connectivity index (χ4v) is 3.26. The molecule has 3 aliphatic rings. The molecule has 0 saturated heterocycles. The molecule has 2 aliphatic carbocycles. The molecule has 0 spiro atoms. The zero-order valence-corrected chi connectivity index (χ0v) is 10.9. The second kappa shape index (κ2) is 4.30. The fraction of sp³-hybridized carbons (Fsp3) is 0.733. The highest BCUT2D eigenvalue weighted by Crippen LogP contribution is 2.40. The van der Waals surface area contributed by atoms with E-state index in [4.69, 9.17) is 9.97 Å². The zero-order valence-electron chi connectivity index (χ0n) is 10.9. The summed E-state index contributed by atoms with van der Waals surface area (Å²) in [5, 5.41) is 3.48. The number of aromatic nitrogens is 2.